The number of azo groups is 1. The van der Waals surface area contributed by atoms with Crippen molar-refractivity contribution in [3.63, 3.8) is 0 Å². The molecule has 88 valence electrons. The molecule has 0 N–H and O–H groups in total. The zero-order chi connectivity index (χ0) is 12.6. The quantitative estimate of drug-likeness (QED) is 0.445. The van der Waals surface area contributed by atoms with Crippen LogP contribution in [0.15, 0.2) is 10.2 Å². The van der Waals surface area contributed by atoms with E-state index < -0.39 is 0 Å². The summed E-state index contributed by atoms with van der Waals surface area (Å²) in [5, 5.41) is 6.93. The van der Waals surface area contributed by atoms with E-state index in [1.807, 2.05) is 0 Å². The van der Waals surface area contributed by atoms with E-state index in [0.29, 0.717) is 0 Å². The van der Waals surface area contributed by atoms with Gasteiger partial charge in [-0.05, 0) is 13.8 Å². The van der Waals surface area contributed by atoms with E-state index in [1.54, 1.807) is 0 Å². The second-order valence-corrected chi connectivity index (χ2v) is 3.43. The number of nitrogens with zero attached hydrogens (tertiary/aromatic N) is 2. The van der Waals surface area contributed by atoms with Crippen LogP contribution in [0.2, 0.25) is 0 Å². The molecule has 0 saturated heterocycles. The van der Waals surface area contributed by atoms with Crippen molar-refractivity contribution >= 4 is 23.1 Å². The van der Waals surface area contributed by atoms with Crippen LogP contribution in [0, 0.1) is 0 Å². The maximum atomic E-state index is 11.0. The van der Waals surface area contributed by atoms with Crippen LogP contribution in [0.25, 0.3) is 0 Å². The lowest BCUT2D eigenvalue weighted by Crippen LogP contribution is -2.09. The Labute approximate surface area is 93.1 Å². The lowest BCUT2D eigenvalue weighted by atomic mass is 10.2. The van der Waals surface area contributed by atoms with E-state index in [-0.39, 0.29) is 49.1 Å². The fourth-order valence-electron chi connectivity index (χ4n) is 0.925. The molecule has 0 fully saturated rings. The molecule has 0 unspecified atom stereocenters. The van der Waals surface area contributed by atoms with Gasteiger partial charge >= 0.3 is 0 Å². The number of Topliss-reactive ketones (excluding diaryl/α,β-unsaturated/α-hetero) is 4. The average molecular weight is 226 g/mol. The van der Waals surface area contributed by atoms with E-state index in [9.17, 15) is 19.2 Å². The normalized spacial score (nSPS) is 10.4. The fourth-order valence-corrected chi connectivity index (χ4v) is 0.925. The summed E-state index contributed by atoms with van der Waals surface area (Å²) in [6.07, 6.45) is -0.333. The molecule has 0 rings (SSSR count). The van der Waals surface area contributed by atoms with Crippen LogP contribution < -0.4 is 0 Å². The summed E-state index contributed by atoms with van der Waals surface area (Å²) in [6, 6.07) is 0. The molecule has 0 aromatic rings. The summed E-state index contributed by atoms with van der Waals surface area (Å²) in [5.41, 5.74) is 0. The molecule has 0 heterocycles. The summed E-state index contributed by atoms with van der Waals surface area (Å²) in [7, 11) is 0. The molecule has 0 saturated carbocycles. The maximum absolute atomic E-state index is 11.0. The van der Waals surface area contributed by atoms with Gasteiger partial charge in [-0.1, -0.05) is 0 Å². The van der Waals surface area contributed by atoms with Crippen molar-refractivity contribution in [3.05, 3.63) is 0 Å². The molecule has 0 aromatic heterocycles. The molecular formula is C10H14N2O4. The molecular weight excluding hydrogens is 212 g/mol. The predicted octanol–water partition coefficient (Wildman–Crippen LogP) is 0.535. The highest BCUT2D eigenvalue weighted by molar-refractivity contribution is 5.99. The minimum absolute atomic E-state index is 0.166. The minimum atomic E-state index is -0.338. The number of ketones is 4. The largest absolute Gasteiger partial charge is 0.300 e. The second-order valence-electron chi connectivity index (χ2n) is 3.43. The molecule has 0 bridgehead atoms. The first-order chi connectivity index (χ1) is 7.41. The zero-order valence-electron chi connectivity index (χ0n) is 9.36. The molecule has 0 spiro atoms. The van der Waals surface area contributed by atoms with Crippen molar-refractivity contribution in [1.29, 1.82) is 0 Å². The van der Waals surface area contributed by atoms with Gasteiger partial charge in [0.25, 0.3) is 0 Å². The summed E-state index contributed by atoms with van der Waals surface area (Å²) >= 11 is 0. The second kappa shape index (κ2) is 7.56. The van der Waals surface area contributed by atoms with Crippen molar-refractivity contribution in [2.75, 3.05) is 13.1 Å². The Bertz CT molecular complexity index is 302. The van der Waals surface area contributed by atoms with Gasteiger partial charge in [-0.15, -0.1) is 0 Å². The standard InChI is InChI=1S/C10H14N2O4/c1-7(13)3-9(15)5-11-12-6-10(16)4-8(2)14/h3-6H2,1-2H3. The molecule has 0 aliphatic carbocycles. The summed E-state index contributed by atoms with van der Waals surface area (Å²) in [6.45, 7) is 2.22. The van der Waals surface area contributed by atoms with Crippen molar-refractivity contribution in [2.24, 2.45) is 10.2 Å². The topological polar surface area (TPSA) is 93.0 Å². The fraction of sp³-hybridized carbons (Fsp3) is 0.600. The number of carbonyl (C=O) groups is 4. The third-order valence-corrected chi connectivity index (χ3v) is 1.49. The average Bonchev–Trinajstić information content (AvgIpc) is 2.10. The highest BCUT2D eigenvalue weighted by Gasteiger charge is 2.05. The molecule has 16 heavy (non-hydrogen) atoms. The smallest absolute Gasteiger partial charge is 0.163 e. The Balaban J connectivity index is 3.77. The first-order valence-electron chi connectivity index (χ1n) is 4.77. The Kier molecular flexibility index (Phi) is 6.74. The molecule has 6 nitrogen and oxygen atoms in total. The molecule has 0 radical (unpaired) electrons. The van der Waals surface area contributed by atoms with Crippen LogP contribution in [0.3, 0.4) is 0 Å². The van der Waals surface area contributed by atoms with E-state index in [0.717, 1.165) is 0 Å². The third kappa shape index (κ3) is 8.86. The van der Waals surface area contributed by atoms with Gasteiger partial charge in [-0.2, -0.15) is 10.2 Å². The van der Waals surface area contributed by atoms with Gasteiger partial charge in [-0.3, -0.25) is 19.2 Å². The minimum Gasteiger partial charge on any atom is -0.300 e. The first-order valence-corrected chi connectivity index (χ1v) is 4.77. The Hall–Kier alpha value is -1.72. The van der Waals surface area contributed by atoms with Gasteiger partial charge in [0.1, 0.15) is 24.7 Å². The van der Waals surface area contributed by atoms with E-state index in [2.05, 4.69) is 10.2 Å². The number of hydrogen-bond donors (Lipinski definition) is 0. The van der Waals surface area contributed by atoms with Crippen LogP contribution in [0.5, 0.6) is 0 Å². The summed E-state index contributed by atoms with van der Waals surface area (Å²) in [5.74, 6) is -1.13. The van der Waals surface area contributed by atoms with Crippen LogP contribution in [-0.4, -0.2) is 36.2 Å². The Morgan fingerprint density at radius 3 is 1.31 bits per heavy atom. The maximum Gasteiger partial charge on any atom is 0.163 e. The highest BCUT2D eigenvalue weighted by atomic mass is 16.2. The number of carbonyl (C=O) groups excluding carboxylic acids is 4. The number of hydrogen-bond acceptors (Lipinski definition) is 6. The van der Waals surface area contributed by atoms with Gasteiger partial charge in [0.05, 0.1) is 12.8 Å². The van der Waals surface area contributed by atoms with Crippen LogP contribution in [0.4, 0.5) is 0 Å². The molecule has 0 aliphatic heterocycles. The lowest BCUT2D eigenvalue weighted by molar-refractivity contribution is -0.127. The highest BCUT2D eigenvalue weighted by Crippen LogP contribution is 1.90. The van der Waals surface area contributed by atoms with Gasteiger partial charge in [0.15, 0.2) is 11.6 Å². The van der Waals surface area contributed by atoms with E-state index in [1.165, 1.54) is 13.8 Å². The van der Waals surface area contributed by atoms with Gasteiger partial charge in [0, 0.05) is 0 Å². The van der Waals surface area contributed by atoms with Gasteiger partial charge < -0.3 is 0 Å². The van der Waals surface area contributed by atoms with Crippen LogP contribution in [0.1, 0.15) is 26.7 Å². The molecule has 6 heteroatoms. The SMILES string of the molecule is CC(=O)CC(=O)CN=NCC(=O)CC(C)=O. The first kappa shape index (κ1) is 14.3. The van der Waals surface area contributed by atoms with Crippen LogP contribution in [-0.2, 0) is 19.2 Å². The zero-order valence-corrected chi connectivity index (χ0v) is 9.36. The monoisotopic (exact) mass is 226 g/mol. The Morgan fingerprint density at radius 1 is 0.750 bits per heavy atom. The van der Waals surface area contributed by atoms with E-state index >= 15 is 0 Å². The summed E-state index contributed by atoms with van der Waals surface area (Å²) < 4.78 is 0. The summed E-state index contributed by atoms with van der Waals surface area (Å²) in [4.78, 5) is 43.0. The van der Waals surface area contributed by atoms with Crippen molar-refractivity contribution in [1.82, 2.24) is 0 Å². The number of rotatable bonds is 8. The third-order valence-electron chi connectivity index (χ3n) is 1.49. The van der Waals surface area contributed by atoms with Crippen molar-refractivity contribution < 1.29 is 19.2 Å². The molecule has 0 aliphatic rings. The molecule has 0 amide bonds. The molecule has 0 atom stereocenters. The van der Waals surface area contributed by atoms with Gasteiger partial charge in [-0.25, -0.2) is 0 Å². The van der Waals surface area contributed by atoms with Crippen molar-refractivity contribution in [3.8, 4) is 0 Å². The van der Waals surface area contributed by atoms with Crippen LogP contribution >= 0.6 is 0 Å². The van der Waals surface area contributed by atoms with E-state index in [4.69, 9.17) is 0 Å². The predicted molar refractivity (Wildman–Crippen MR) is 55.2 cm³/mol. The molecule has 0 aromatic carbocycles. The Morgan fingerprint density at radius 2 is 1.06 bits per heavy atom. The van der Waals surface area contributed by atoms with Crippen molar-refractivity contribution in [2.45, 2.75) is 26.7 Å². The van der Waals surface area contributed by atoms with Gasteiger partial charge in [0.2, 0.25) is 0 Å². The lowest BCUT2D eigenvalue weighted by Gasteiger charge is -1.92.